The van der Waals surface area contributed by atoms with Crippen LogP contribution in [0.25, 0.3) is 0 Å². The van der Waals surface area contributed by atoms with Crippen LogP contribution in [0.3, 0.4) is 0 Å². The lowest BCUT2D eigenvalue weighted by Crippen LogP contribution is -2.76. The summed E-state index contributed by atoms with van der Waals surface area (Å²) in [5, 5.41) is 18.7. The van der Waals surface area contributed by atoms with E-state index in [0.29, 0.717) is 13.1 Å². The Kier molecular flexibility index (Phi) is 10.8. The Morgan fingerprint density at radius 1 is 0.979 bits per heavy atom. The molecule has 0 aliphatic carbocycles. The summed E-state index contributed by atoms with van der Waals surface area (Å²) in [5.41, 5.74) is 9.59. The Morgan fingerprint density at radius 3 is 2.52 bits per heavy atom. The SMILES string of the molecule is O=C1[C@H](Cc2ccc(O)cc2)N2C(=O)CNN(C(=O)NCc3ccccc3)C2CN1Cc1ccccc1/C=N\NCCN1CCOCC1. The van der Waals surface area contributed by atoms with Gasteiger partial charge in [-0.2, -0.15) is 5.10 Å². The molecule has 3 heterocycles. The van der Waals surface area contributed by atoms with Crippen LogP contribution in [0.4, 0.5) is 4.79 Å². The number of rotatable bonds is 11. The first-order valence-electron chi connectivity index (χ1n) is 16.3. The number of hydrazone groups is 1. The van der Waals surface area contributed by atoms with E-state index >= 15 is 0 Å². The van der Waals surface area contributed by atoms with Gasteiger partial charge in [0.2, 0.25) is 11.8 Å². The lowest BCUT2D eigenvalue weighted by Gasteiger charge is -2.52. The number of aromatic hydroxyl groups is 1. The molecular formula is C35H42N8O5. The molecule has 3 saturated heterocycles. The van der Waals surface area contributed by atoms with Gasteiger partial charge in [0, 0.05) is 45.7 Å². The molecule has 4 amide bonds. The van der Waals surface area contributed by atoms with Gasteiger partial charge in [-0.1, -0.05) is 66.7 Å². The van der Waals surface area contributed by atoms with Crippen molar-refractivity contribution in [3.8, 4) is 5.75 Å². The third-order valence-corrected chi connectivity index (χ3v) is 8.85. The van der Waals surface area contributed by atoms with Gasteiger partial charge < -0.3 is 30.4 Å². The number of phenolic OH excluding ortho intramolecular Hbond substituents is 1. The summed E-state index contributed by atoms with van der Waals surface area (Å²) in [5.74, 6) is -0.365. The van der Waals surface area contributed by atoms with Crippen molar-refractivity contribution in [1.82, 2.24) is 35.9 Å². The molecule has 6 rings (SSSR count). The van der Waals surface area contributed by atoms with Gasteiger partial charge in [0.1, 0.15) is 18.0 Å². The summed E-state index contributed by atoms with van der Waals surface area (Å²) >= 11 is 0. The summed E-state index contributed by atoms with van der Waals surface area (Å²) in [7, 11) is 0. The number of fused-ring (bicyclic) bond motifs is 1. The molecule has 0 radical (unpaired) electrons. The van der Waals surface area contributed by atoms with Crippen molar-refractivity contribution in [2.45, 2.75) is 31.7 Å². The highest BCUT2D eigenvalue weighted by Gasteiger charge is 2.49. The number of urea groups is 1. The number of carbonyl (C=O) groups is 3. The lowest BCUT2D eigenvalue weighted by molar-refractivity contribution is -0.170. The number of nitrogens with one attached hydrogen (secondary N) is 3. The van der Waals surface area contributed by atoms with Crippen LogP contribution in [0.5, 0.6) is 5.75 Å². The zero-order valence-corrected chi connectivity index (χ0v) is 26.8. The second kappa shape index (κ2) is 15.7. The van der Waals surface area contributed by atoms with Crippen molar-refractivity contribution in [2.75, 3.05) is 52.5 Å². The van der Waals surface area contributed by atoms with E-state index in [1.807, 2.05) is 54.6 Å². The highest BCUT2D eigenvalue weighted by Crippen LogP contribution is 2.27. The van der Waals surface area contributed by atoms with Crippen LogP contribution < -0.4 is 16.2 Å². The van der Waals surface area contributed by atoms with Crippen LogP contribution in [0.15, 0.2) is 84.0 Å². The van der Waals surface area contributed by atoms with Gasteiger partial charge in [-0.3, -0.25) is 14.5 Å². The number of carbonyl (C=O) groups excluding carboxylic acids is 3. The summed E-state index contributed by atoms with van der Waals surface area (Å²) < 4.78 is 5.41. The number of ether oxygens (including phenoxy) is 1. The zero-order valence-electron chi connectivity index (χ0n) is 26.8. The van der Waals surface area contributed by atoms with E-state index in [1.165, 1.54) is 9.91 Å². The molecule has 0 aromatic heterocycles. The number of hydrogen-bond acceptors (Lipinski definition) is 9. The average molecular weight is 655 g/mol. The van der Waals surface area contributed by atoms with Crippen molar-refractivity contribution < 1.29 is 24.2 Å². The Hall–Kier alpha value is -4.98. The van der Waals surface area contributed by atoms with E-state index in [2.05, 4.69) is 26.2 Å². The maximum atomic E-state index is 14.2. The maximum Gasteiger partial charge on any atom is 0.334 e. The predicted octanol–water partition coefficient (Wildman–Crippen LogP) is 1.49. The highest BCUT2D eigenvalue weighted by atomic mass is 16.5. The second-order valence-electron chi connectivity index (χ2n) is 12.1. The minimum atomic E-state index is -0.852. The topological polar surface area (TPSA) is 142 Å². The first-order valence-corrected chi connectivity index (χ1v) is 16.3. The Labute approximate surface area is 280 Å². The van der Waals surface area contributed by atoms with E-state index < -0.39 is 18.2 Å². The fraction of sp³-hybridized carbons (Fsp3) is 0.371. The number of hydrogen-bond donors (Lipinski definition) is 4. The molecule has 2 atom stereocenters. The Morgan fingerprint density at radius 2 is 1.73 bits per heavy atom. The van der Waals surface area contributed by atoms with Gasteiger partial charge in [-0.05, 0) is 34.4 Å². The largest absolute Gasteiger partial charge is 0.508 e. The molecule has 48 heavy (non-hydrogen) atoms. The van der Waals surface area contributed by atoms with Crippen LogP contribution in [0.2, 0.25) is 0 Å². The number of morpholine rings is 1. The van der Waals surface area contributed by atoms with Crippen LogP contribution >= 0.6 is 0 Å². The third-order valence-electron chi connectivity index (χ3n) is 8.85. The molecule has 13 heteroatoms. The quantitative estimate of drug-likeness (QED) is 0.139. The number of hydrazine groups is 1. The lowest BCUT2D eigenvalue weighted by atomic mass is 9.98. The normalized spacial score (nSPS) is 20.2. The molecule has 0 bridgehead atoms. The van der Waals surface area contributed by atoms with Crippen LogP contribution in [-0.2, 0) is 33.8 Å². The van der Waals surface area contributed by atoms with E-state index in [1.54, 1.807) is 35.4 Å². The summed E-state index contributed by atoms with van der Waals surface area (Å²) in [6, 6.07) is 22.7. The number of amides is 4. The van der Waals surface area contributed by atoms with E-state index in [-0.39, 0.29) is 43.6 Å². The van der Waals surface area contributed by atoms with Gasteiger partial charge in [-0.25, -0.2) is 15.2 Å². The van der Waals surface area contributed by atoms with E-state index in [0.717, 1.165) is 55.1 Å². The standard InChI is InChI=1S/C35H42N8O5/c44-30-12-10-26(11-13-30)20-31-34(46)41(24-29-9-5-4-8-28(29)22-38-37-14-15-40-16-18-48-19-17-40)25-32-42(31)33(45)23-39-43(32)35(47)36-21-27-6-2-1-3-7-27/h1-13,22,31-32,37,39,44H,14-21,23-25H2,(H,36,47)/b38-22-/t31-,32?/m0/s1. The Bertz CT molecular complexity index is 1580. The summed E-state index contributed by atoms with van der Waals surface area (Å²) in [4.78, 5) is 46.8. The maximum absolute atomic E-state index is 14.2. The molecule has 3 aromatic carbocycles. The molecule has 4 N–H and O–H groups in total. The second-order valence-corrected chi connectivity index (χ2v) is 12.1. The summed E-state index contributed by atoms with van der Waals surface area (Å²) in [6.07, 6.45) is 1.25. The number of nitrogens with zero attached hydrogens (tertiary/aromatic N) is 5. The van der Waals surface area contributed by atoms with E-state index in [9.17, 15) is 19.5 Å². The first-order chi connectivity index (χ1) is 23.5. The van der Waals surface area contributed by atoms with Gasteiger partial charge in [-0.15, -0.1) is 0 Å². The third kappa shape index (κ3) is 8.11. The van der Waals surface area contributed by atoms with Crippen LogP contribution in [-0.4, -0.2) is 114 Å². The monoisotopic (exact) mass is 654 g/mol. The zero-order chi connectivity index (χ0) is 33.3. The number of phenols is 1. The van der Waals surface area contributed by atoms with E-state index in [4.69, 9.17) is 4.74 Å². The molecule has 0 spiro atoms. The Balaban J connectivity index is 1.20. The minimum absolute atomic E-state index is 0.113. The van der Waals surface area contributed by atoms with Crippen molar-refractivity contribution in [3.63, 3.8) is 0 Å². The molecule has 252 valence electrons. The van der Waals surface area contributed by atoms with Gasteiger partial charge in [0.25, 0.3) is 0 Å². The first kappa shape index (κ1) is 32.9. The minimum Gasteiger partial charge on any atom is -0.508 e. The smallest absolute Gasteiger partial charge is 0.334 e. The highest BCUT2D eigenvalue weighted by molar-refractivity contribution is 5.92. The fourth-order valence-electron chi connectivity index (χ4n) is 6.28. The van der Waals surface area contributed by atoms with Crippen LogP contribution in [0, 0.1) is 0 Å². The van der Waals surface area contributed by atoms with Gasteiger partial charge in [0.05, 0.1) is 32.5 Å². The van der Waals surface area contributed by atoms with Crippen molar-refractivity contribution in [2.24, 2.45) is 5.10 Å². The molecular weight excluding hydrogens is 612 g/mol. The molecule has 3 aliphatic heterocycles. The molecule has 3 fully saturated rings. The molecule has 1 unspecified atom stereocenters. The molecule has 3 aromatic rings. The molecule has 0 saturated carbocycles. The molecule has 3 aliphatic rings. The van der Waals surface area contributed by atoms with Gasteiger partial charge in [0.15, 0.2) is 0 Å². The van der Waals surface area contributed by atoms with Crippen LogP contribution in [0.1, 0.15) is 22.3 Å². The molecule has 13 nitrogen and oxygen atoms in total. The predicted molar refractivity (Wildman–Crippen MR) is 179 cm³/mol. The van der Waals surface area contributed by atoms with Crippen molar-refractivity contribution in [1.29, 1.82) is 0 Å². The van der Waals surface area contributed by atoms with Gasteiger partial charge >= 0.3 is 6.03 Å². The average Bonchev–Trinajstić information content (AvgIpc) is 3.11. The summed E-state index contributed by atoms with van der Waals surface area (Å²) in [6.45, 7) is 5.47. The number of piperazine rings is 1. The fourth-order valence-corrected chi connectivity index (χ4v) is 6.28. The van der Waals surface area contributed by atoms with Crippen molar-refractivity contribution in [3.05, 3.63) is 101 Å². The van der Waals surface area contributed by atoms with Crippen molar-refractivity contribution >= 4 is 24.1 Å². The number of benzene rings is 3.